The van der Waals surface area contributed by atoms with E-state index in [1.165, 1.54) is 29.5 Å². The molecule has 0 heterocycles. The summed E-state index contributed by atoms with van der Waals surface area (Å²) in [6.45, 7) is 1.28. The number of allylic oxidation sites excluding steroid dienone is 1. The van der Waals surface area contributed by atoms with E-state index in [0.29, 0.717) is 0 Å². The van der Waals surface area contributed by atoms with Crippen molar-refractivity contribution in [3.8, 4) is 0 Å². The summed E-state index contributed by atoms with van der Waals surface area (Å²) >= 11 is 1.50. The second-order valence-corrected chi connectivity index (χ2v) is 3.55. The average molecular weight is 268 g/mol. The molecule has 5 heteroatoms. The number of hydrogen-bond donors (Lipinski definition) is 0. The van der Waals surface area contributed by atoms with Crippen LogP contribution in [0.25, 0.3) is 0 Å². The maximum atomic E-state index is 11.7. The Morgan fingerprint density at radius 1 is 1.50 bits per heavy atom. The normalized spacial score (nSPS) is 17.2. The summed E-state index contributed by atoms with van der Waals surface area (Å²) in [6.07, 6.45) is -4.92. The van der Waals surface area contributed by atoms with Crippen molar-refractivity contribution in [3.05, 3.63) is 11.9 Å². The van der Waals surface area contributed by atoms with Gasteiger partial charge in [0.2, 0.25) is 0 Å². The average Bonchev–Trinajstić information content (AvgIpc) is 1.60. The lowest BCUT2D eigenvalue weighted by Crippen LogP contribution is -2.17. The van der Waals surface area contributed by atoms with Gasteiger partial charge in [-0.3, -0.25) is 0 Å². The van der Waals surface area contributed by atoms with Gasteiger partial charge in [-0.2, -0.15) is 13.2 Å². The maximum Gasteiger partial charge on any atom is 0.415 e. The molecule has 0 bridgehead atoms. The minimum atomic E-state index is -4.53. The fourth-order valence-electron chi connectivity index (χ4n) is 0.374. The van der Waals surface area contributed by atoms with Gasteiger partial charge in [0.25, 0.3) is 0 Å². The molecule has 0 saturated heterocycles. The molecule has 60 valence electrons. The van der Waals surface area contributed by atoms with E-state index in [1.807, 2.05) is 0 Å². The van der Waals surface area contributed by atoms with E-state index in [1.54, 1.807) is 0 Å². The van der Waals surface area contributed by atoms with Crippen LogP contribution in [0.4, 0.5) is 17.6 Å². The van der Waals surface area contributed by atoms with Gasteiger partial charge < -0.3 is 0 Å². The molecule has 0 aromatic rings. The minimum absolute atomic E-state index is 0.392. The van der Waals surface area contributed by atoms with Crippen LogP contribution < -0.4 is 0 Å². The first-order chi connectivity index (χ1) is 4.39. The van der Waals surface area contributed by atoms with Gasteiger partial charge >= 0.3 is 6.18 Å². The van der Waals surface area contributed by atoms with Crippen LogP contribution in [0.2, 0.25) is 0 Å². The summed E-state index contributed by atoms with van der Waals surface area (Å²) in [5.74, 6) is 0. The Morgan fingerprint density at radius 3 is 1.90 bits per heavy atom. The van der Waals surface area contributed by atoms with Crippen molar-refractivity contribution < 1.29 is 17.6 Å². The van der Waals surface area contributed by atoms with Crippen LogP contribution >= 0.6 is 22.6 Å². The van der Waals surface area contributed by atoms with Crippen LogP contribution in [-0.2, 0) is 0 Å². The molecule has 0 amide bonds. The second kappa shape index (κ2) is 3.54. The van der Waals surface area contributed by atoms with Crippen molar-refractivity contribution in [2.45, 2.75) is 17.0 Å². The third-order valence-electron chi connectivity index (χ3n) is 0.873. The molecule has 0 aromatic heterocycles. The molecule has 10 heavy (non-hydrogen) atoms. The Labute approximate surface area is 69.4 Å². The Kier molecular flexibility index (Phi) is 3.61. The van der Waals surface area contributed by atoms with E-state index in [4.69, 9.17) is 0 Å². The quantitative estimate of drug-likeness (QED) is 0.389. The molecule has 0 N–H and O–H groups in total. The minimum Gasteiger partial charge on any atom is -0.215 e. The summed E-state index contributed by atoms with van der Waals surface area (Å²) < 4.78 is 45.6. The summed E-state index contributed by atoms with van der Waals surface area (Å²) in [4.78, 5) is 0. The monoisotopic (exact) mass is 268 g/mol. The fraction of sp³-hybridized carbons (Fsp3) is 0.600. The van der Waals surface area contributed by atoms with E-state index < -0.39 is 22.0 Å². The topological polar surface area (TPSA) is 0 Å². The lowest BCUT2D eigenvalue weighted by molar-refractivity contribution is -0.0934. The molecule has 0 aliphatic rings. The van der Waals surface area contributed by atoms with Crippen LogP contribution in [0.5, 0.6) is 0 Å². The smallest absolute Gasteiger partial charge is 0.215 e. The number of halogens is 5. The van der Waals surface area contributed by atoms with Crippen molar-refractivity contribution >= 4 is 22.6 Å². The van der Waals surface area contributed by atoms with E-state index in [-0.39, 0.29) is 0 Å². The van der Waals surface area contributed by atoms with Crippen LogP contribution in [-0.4, -0.2) is 10.1 Å². The maximum absolute atomic E-state index is 11.7. The first kappa shape index (κ1) is 10.2. The van der Waals surface area contributed by atoms with Gasteiger partial charge in [0, 0.05) is 3.92 Å². The summed E-state index contributed by atoms with van der Waals surface area (Å²) in [5.41, 5.74) is -1.13. The summed E-state index contributed by atoms with van der Waals surface area (Å²) in [7, 11) is 0. The lowest BCUT2D eigenvalue weighted by atomic mass is 10.2. The third-order valence-corrected chi connectivity index (χ3v) is 1.54. The zero-order chi connectivity index (χ0) is 8.36. The van der Waals surface area contributed by atoms with E-state index in [9.17, 15) is 17.6 Å². The predicted molar refractivity (Wildman–Crippen MR) is 38.7 cm³/mol. The van der Waals surface area contributed by atoms with Crippen molar-refractivity contribution in [3.63, 3.8) is 0 Å². The molecule has 1 atom stereocenters. The second-order valence-electron chi connectivity index (χ2n) is 1.68. The standard InChI is InChI=1S/C5H5F4I/c1-3(10)4(2-6)5(7,8)9/h2-3H,1H3/b4-2+. The van der Waals surface area contributed by atoms with Crippen molar-refractivity contribution in [2.24, 2.45) is 0 Å². The van der Waals surface area contributed by atoms with Crippen LogP contribution in [0.15, 0.2) is 11.9 Å². The highest BCUT2D eigenvalue weighted by Gasteiger charge is 2.36. The van der Waals surface area contributed by atoms with Gasteiger partial charge in [-0.15, -0.1) is 0 Å². The predicted octanol–water partition coefficient (Wildman–Crippen LogP) is 3.23. The van der Waals surface area contributed by atoms with Crippen LogP contribution in [0.1, 0.15) is 6.92 Å². The van der Waals surface area contributed by atoms with E-state index in [2.05, 4.69) is 0 Å². The highest BCUT2D eigenvalue weighted by molar-refractivity contribution is 14.1. The largest absolute Gasteiger partial charge is 0.415 e. The molecule has 0 aromatic carbocycles. The zero-order valence-electron chi connectivity index (χ0n) is 5.04. The van der Waals surface area contributed by atoms with Crippen molar-refractivity contribution in [2.75, 3.05) is 0 Å². The SMILES string of the molecule is CC(I)/C(=C\F)C(F)(F)F. The number of hydrogen-bond acceptors (Lipinski definition) is 0. The highest BCUT2D eigenvalue weighted by atomic mass is 127. The van der Waals surface area contributed by atoms with Crippen LogP contribution in [0.3, 0.4) is 0 Å². The van der Waals surface area contributed by atoms with Gasteiger partial charge in [-0.05, 0) is 6.92 Å². The number of alkyl halides is 4. The Hall–Kier alpha value is 0.190. The molecule has 0 aliphatic carbocycles. The molecular formula is C5H5F4I. The molecule has 0 saturated carbocycles. The molecular weight excluding hydrogens is 263 g/mol. The van der Waals surface area contributed by atoms with Crippen molar-refractivity contribution in [1.82, 2.24) is 0 Å². The van der Waals surface area contributed by atoms with Crippen molar-refractivity contribution in [1.29, 1.82) is 0 Å². The zero-order valence-corrected chi connectivity index (χ0v) is 7.20. The highest BCUT2D eigenvalue weighted by Crippen LogP contribution is 2.31. The van der Waals surface area contributed by atoms with Crippen LogP contribution in [0, 0.1) is 0 Å². The first-order valence-corrected chi connectivity index (χ1v) is 3.65. The molecule has 0 nitrogen and oxygen atoms in total. The van der Waals surface area contributed by atoms with Gasteiger partial charge in [0.05, 0.1) is 11.9 Å². The molecule has 0 spiro atoms. The third kappa shape index (κ3) is 2.85. The molecule has 0 fully saturated rings. The Bertz CT molecular complexity index is 135. The molecule has 0 rings (SSSR count). The summed E-state index contributed by atoms with van der Waals surface area (Å²) in [5, 5.41) is 0. The van der Waals surface area contributed by atoms with E-state index in [0.717, 1.165) is 0 Å². The molecule has 1 unspecified atom stereocenters. The molecule has 0 radical (unpaired) electrons. The van der Waals surface area contributed by atoms with Gasteiger partial charge in [-0.1, -0.05) is 22.6 Å². The van der Waals surface area contributed by atoms with Gasteiger partial charge in [0.1, 0.15) is 0 Å². The first-order valence-electron chi connectivity index (χ1n) is 2.41. The van der Waals surface area contributed by atoms with E-state index >= 15 is 0 Å². The number of rotatable bonds is 1. The lowest BCUT2D eigenvalue weighted by Gasteiger charge is -2.10. The van der Waals surface area contributed by atoms with Gasteiger partial charge in [-0.25, -0.2) is 4.39 Å². The Morgan fingerprint density at radius 2 is 1.90 bits per heavy atom. The fourth-order valence-corrected chi connectivity index (χ4v) is 0.863. The van der Waals surface area contributed by atoms with Gasteiger partial charge in [0.15, 0.2) is 0 Å². The Balaban J connectivity index is 4.40. The summed E-state index contributed by atoms with van der Waals surface area (Å²) in [6, 6.07) is 0. The molecule has 0 aliphatic heterocycles.